The zero-order valence-corrected chi connectivity index (χ0v) is 29.5. The summed E-state index contributed by atoms with van der Waals surface area (Å²) in [5.41, 5.74) is 11.9. The molecule has 0 fully saturated rings. The molecule has 2 heteroatoms. The number of fused-ring (bicyclic) bond motifs is 6. The van der Waals surface area contributed by atoms with Crippen LogP contribution in [0.3, 0.4) is 0 Å². The minimum atomic E-state index is 0.710. The Kier molecular flexibility index (Phi) is 7.85. The van der Waals surface area contributed by atoms with Crippen LogP contribution in [0.4, 0.5) is 0 Å². The predicted molar refractivity (Wildman–Crippen MR) is 227 cm³/mol. The van der Waals surface area contributed by atoms with Crippen LogP contribution < -0.4 is 0 Å². The molecule has 0 radical (unpaired) electrons. The van der Waals surface area contributed by atoms with Crippen molar-refractivity contribution >= 4 is 32.3 Å². The van der Waals surface area contributed by atoms with Crippen molar-refractivity contribution in [1.82, 2.24) is 9.97 Å². The second-order valence-electron chi connectivity index (χ2n) is 13.8. The molecule has 1 heterocycles. The third-order valence-electron chi connectivity index (χ3n) is 10.4. The van der Waals surface area contributed by atoms with Crippen LogP contribution in [0.2, 0.25) is 0 Å². The highest BCUT2D eigenvalue weighted by molar-refractivity contribution is 6.25. The number of rotatable bonds is 6. The van der Waals surface area contributed by atoms with Crippen molar-refractivity contribution in [2.24, 2.45) is 0 Å². The van der Waals surface area contributed by atoms with Crippen LogP contribution >= 0.6 is 0 Å². The number of hydrogen-bond acceptors (Lipinski definition) is 2. The molecular weight excluding hydrogens is 653 g/mol. The van der Waals surface area contributed by atoms with E-state index in [1.807, 2.05) is 24.3 Å². The van der Waals surface area contributed by atoms with E-state index in [2.05, 4.69) is 182 Å². The molecule has 1 aromatic heterocycles. The Morgan fingerprint density at radius 3 is 1.19 bits per heavy atom. The average molecular weight is 687 g/mol. The van der Waals surface area contributed by atoms with Gasteiger partial charge in [-0.3, -0.25) is 0 Å². The molecule has 0 aliphatic rings. The van der Waals surface area contributed by atoms with E-state index in [1.165, 1.54) is 54.6 Å². The highest BCUT2D eigenvalue weighted by Crippen LogP contribution is 2.39. The number of aromatic nitrogens is 2. The molecule has 9 aromatic carbocycles. The monoisotopic (exact) mass is 686 g/mol. The van der Waals surface area contributed by atoms with Crippen molar-refractivity contribution in [3.8, 4) is 67.3 Å². The first kappa shape index (κ1) is 31.6. The van der Waals surface area contributed by atoms with Crippen LogP contribution in [0.5, 0.6) is 0 Å². The molecule has 0 atom stereocenters. The van der Waals surface area contributed by atoms with Crippen LogP contribution in [0.1, 0.15) is 0 Å². The first-order valence-electron chi connectivity index (χ1n) is 18.4. The van der Waals surface area contributed by atoms with E-state index < -0.39 is 0 Å². The Hall–Kier alpha value is -7.16. The first-order valence-corrected chi connectivity index (χ1v) is 18.4. The van der Waals surface area contributed by atoms with Gasteiger partial charge >= 0.3 is 0 Å². The Morgan fingerprint density at radius 1 is 0.204 bits per heavy atom. The standard InChI is InChI=1S/C52H34N2/c1-4-15-35(16-5-1)41-30-42(32-43(31-41)39-27-28-48-46-25-11-10-23-44(46)45-24-12-13-26-47(45)49(48)33-39)38-21-14-22-40(29-38)51-34-50(36-17-6-2-7-18-36)53-52(54-51)37-19-8-3-9-20-37/h1-34H. The largest absolute Gasteiger partial charge is 0.228 e. The molecule has 0 N–H and O–H groups in total. The zero-order chi connectivity index (χ0) is 35.8. The van der Waals surface area contributed by atoms with Gasteiger partial charge in [0.25, 0.3) is 0 Å². The van der Waals surface area contributed by atoms with E-state index in [0.29, 0.717) is 5.82 Å². The van der Waals surface area contributed by atoms with Crippen molar-refractivity contribution in [2.75, 3.05) is 0 Å². The van der Waals surface area contributed by atoms with Gasteiger partial charge in [-0.05, 0) is 102 Å². The van der Waals surface area contributed by atoms with Gasteiger partial charge in [0, 0.05) is 16.7 Å². The maximum absolute atomic E-state index is 5.13. The molecule has 0 bridgehead atoms. The summed E-state index contributed by atoms with van der Waals surface area (Å²) in [5, 5.41) is 7.66. The lowest BCUT2D eigenvalue weighted by atomic mass is 9.89. The molecule has 0 aliphatic carbocycles. The molecule has 10 rings (SSSR count). The summed E-state index contributed by atoms with van der Waals surface area (Å²) in [6.07, 6.45) is 0. The fourth-order valence-corrected chi connectivity index (χ4v) is 7.77. The summed E-state index contributed by atoms with van der Waals surface area (Å²) >= 11 is 0. The molecule has 0 saturated carbocycles. The van der Waals surface area contributed by atoms with Gasteiger partial charge in [-0.25, -0.2) is 9.97 Å². The molecule has 252 valence electrons. The van der Waals surface area contributed by atoms with Crippen LogP contribution in [0, 0.1) is 0 Å². The van der Waals surface area contributed by atoms with E-state index in [4.69, 9.17) is 9.97 Å². The Morgan fingerprint density at radius 2 is 0.593 bits per heavy atom. The lowest BCUT2D eigenvalue weighted by Gasteiger charge is -2.15. The third kappa shape index (κ3) is 5.81. The van der Waals surface area contributed by atoms with Gasteiger partial charge in [0.05, 0.1) is 11.4 Å². The summed E-state index contributed by atoms with van der Waals surface area (Å²) in [7, 11) is 0. The van der Waals surface area contributed by atoms with Gasteiger partial charge in [0.2, 0.25) is 0 Å². The Balaban J connectivity index is 1.14. The van der Waals surface area contributed by atoms with Gasteiger partial charge in [0.15, 0.2) is 5.82 Å². The van der Waals surface area contributed by atoms with Crippen LogP contribution in [0.15, 0.2) is 206 Å². The van der Waals surface area contributed by atoms with E-state index in [9.17, 15) is 0 Å². The SMILES string of the molecule is c1ccc(-c2cc(-c3cccc(-c4cc(-c5ccccc5)nc(-c5ccccc5)n4)c3)cc(-c3ccc4c5ccccc5c5ccccc5c4c3)c2)cc1. The van der Waals surface area contributed by atoms with Gasteiger partial charge < -0.3 is 0 Å². The fourth-order valence-electron chi connectivity index (χ4n) is 7.77. The van der Waals surface area contributed by atoms with Crippen molar-refractivity contribution in [3.05, 3.63) is 206 Å². The minimum Gasteiger partial charge on any atom is -0.228 e. The van der Waals surface area contributed by atoms with Gasteiger partial charge in [-0.15, -0.1) is 0 Å². The normalized spacial score (nSPS) is 11.3. The molecule has 0 aliphatic heterocycles. The highest BCUT2D eigenvalue weighted by Gasteiger charge is 2.14. The summed E-state index contributed by atoms with van der Waals surface area (Å²) in [6.45, 7) is 0. The lowest BCUT2D eigenvalue weighted by molar-refractivity contribution is 1.18. The van der Waals surface area contributed by atoms with Gasteiger partial charge in [-0.1, -0.05) is 170 Å². The van der Waals surface area contributed by atoms with E-state index in [-0.39, 0.29) is 0 Å². The predicted octanol–water partition coefficient (Wildman–Crippen LogP) is 13.9. The summed E-state index contributed by atoms with van der Waals surface area (Å²) in [5.74, 6) is 0.710. The maximum atomic E-state index is 5.13. The quantitative estimate of drug-likeness (QED) is 0.163. The zero-order valence-electron chi connectivity index (χ0n) is 29.5. The second kappa shape index (κ2) is 13.4. The summed E-state index contributed by atoms with van der Waals surface area (Å²) in [6, 6.07) is 73.6. The molecule has 54 heavy (non-hydrogen) atoms. The topological polar surface area (TPSA) is 25.8 Å². The minimum absolute atomic E-state index is 0.710. The van der Waals surface area contributed by atoms with Crippen molar-refractivity contribution in [3.63, 3.8) is 0 Å². The summed E-state index contributed by atoms with van der Waals surface area (Å²) < 4.78 is 0. The fraction of sp³-hybridized carbons (Fsp3) is 0. The molecular formula is C52H34N2. The first-order chi connectivity index (χ1) is 26.7. The Labute approximate surface area is 314 Å². The van der Waals surface area contributed by atoms with Crippen molar-refractivity contribution < 1.29 is 0 Å². The van der Waals surface area contributed by atoms with E-state index >= 15 is 0 Å². The maximum Gasteiger partial charge on any atom is 0.160 e. The number of nitrogens with zero attached hydrogens (tertiary/aromatic N) is 2. The molecule has 0 saturated heterocycles. The Bertz CT molecular complexity index is 2880. The molecule has 2 nitrogen and oxygen atoms in total. The molecule has 0 unspecified atom stereocenters. The van der Waals surface area contributed by atoms with E-state index in [0.717, 1.165) is 39.2 Å². The number of benzene rings is 9. The van der Waals surface area contributed by atoms with Gasteiger partial charge in [0.1, 0.15) is 0 Å². The number of hydrogen-bond donors (Lipinski definition) is 0. The second-order valence-corrected chi connectivity index (χ2v) is 13.8. The van der Waals surface area contributed by atoms with Crippen LogP contribution in [-0.2, 0) is 0 Å². The molecule has 0 amide bonds. The van der Waals surface area contributed by atoms with Crippen LogP contribution in [0.25, 0.3) is 99.6 Å². The summed E-state index contributed by atoms with van der Waals surface area (Å²) in [4.78, 5) is 10.1. The van der Waals surface area contributed by atoms with Crippen LogP contribution in [-0.4, -0.2) is 9.97 Å². The smallest absolute Gasteiger partial charge is 0.160 e. The third-order valence-corrected chi connectivity index (χ3v) is 10.4. The lowest BCUT2D eigenvalue weighted by Crippen LogP contribution is -1.96. The van der Waals surface area contributed by atoms with E-state index in [1.54, 1.807) is 0 Å². The highest BCUT2D eigenvalue weighted by atomic mass is 14.9. The average Bonchev–Trinajstić information content (AvgIpc) is 3.27. The van der Waals surface area contributed by atoms with Crippen molar-refractivity contribution in [2.45, 2.75) is 0 Å². The van der Waals surface area contributed by atoms with Crippen molar-refractivity contribution in [1.29, 1.82) is 0 Å². The molecule has 0 spiro atoms. The van der Waals surface area contributed by atoms with Gasteiger partial charge in [-0.2, -0.15) is 0 Å². The molecule has 10 aromatic rings.